The summed E-state index contributed by atoms with van der Waals surface area (Å²) in [6.45, 7) is 3.27. The van der Waals surface area contributed by atoms with Crippen LogP contribution < -0.4 is 10.1 Å². The molecule has 0 spiro atoms. The minimum Gasteiger partial charge on any atom is -0.484 e. The number of amides is 1. The first-order chi connectivity index (χ1) is 11.4. The van der Waals surface area contributed by atoms with Crippen molar-refractivity contribution in [1.82, 2.24) is 9.62 Å². The summed E-state index contributed by atoms with van der Waals surface area (Å²) in [6.07, 6.45) is 1.80. The quantitative estimate of drug-likeness (QED) is 0.751. The van der Waals surface area contributed by atoms with Gasteiger partial charge < -0.3 is 14.8 Å². The van der Waals surface area contributed by atoms with Gasteiger partial charge >= 0.3 is 0 Å². The molecule has 1 aromatic rings. The van der Waals surface area contributed by atoms with E-state index in [1.807, 2.05) is 6.92 Å². The minimum atomic E-state index is -3.42. The third-order valence-corrected chi connectivity index (χ3v) is 5.63. The van der Waals surface area contributed by atoms with Gasteiger partial charge in [-0.25, -0.2) is 8.42 Å². The predicted molar refractivity (Wildman–Crippen MR) is 89.4 cm³/mol. The Labute approximate surface area is 143 Å². The molecule has 0 aliphatic carbocycles. The van der Waals surface area contributed by atoms with E-state index in [1.54, 1.807) is 19.2 Å². The summed E-state index contributed by atoms with van der Waals surface area (Å²) in [5.74, 6) is 0.193. The van der Waals surface area contributed by atoms with Crippen LogP contribution in [-0.4, -0.2) is 58.1 Å². The highest BCUT2D eigenvalue weighted by molar-refractivity contribution is 7.89. The van der Waals surface area contributed by atoms with Gasteiger partial charge in [0.1, 0.15) is 5.75 Å². The van der Waals surface area contributed by atoms with Crippen LogP contribution in [-0.2, 0) is 19.6 Å². The molecule has 0 saturated carbocycles. The van der Waals surface area contributed by atoms with Gasteiger partial charge in [0.2, 0.25) is 10.0 Å². The molecule has 1 aliphatic heterocycles. The molecule has 1 N–H and O–H groups in total. The highest BCUT2D eigenvalue weighted by Gasteiger charge is 2.26. The van der Waals surface area contributed by atoms with Crippen LogP contribution in [0.15, 0.2) is 29.2 Å². The number of carbonyl (C=O) groups excluding carboxylic acids is 1. The first kappa shape index (κ1) is 18.7. The van der Waals surface area contributed by atoms with Gasteiger partial charge in [-0.1, -0.05) is 0 Å². The number of carbonyl (C=O) groups is 1. The van der Waals surface area contributed by atoms with Crippen molar-refractivity contribution in [2.24, 2.45) is 0 Å². The van der Waals surface area contributed by atoms with E-state index in [0.29, 0.717) is 25.4 Å². The van der Waals surface area contributed by atoms with Crippen LogP contribution in [0.25, 0.3) is 0 Å². The number of sulfonamides is 1. The first-order valence-corrected chi connectivity index (χ1v) is 9.39. The van der Waals surface area contributed by atoms with Crippen LogP contribution in [0.3, 0.4) is 0 Å². The lowest BCUT2D eigenvalue weighted by molar-refractivity contribution is -0.124. The third-order valence-electron chi connectivity index (χ3n) is 3.72. The average Bonchev–Trinajstić information content (AvgIpc) is 3.09. The molecular weight excluding hydrogens is 332 g/mol. The van der Waals surface area contributed by atoms with Gasteiger partial charge in [-0.15, -0.1) is 0 Å². The second kappa shape index (κ2) is 8.46. The molecule has 0 bridgehead atoms. The fourth-order valence-electron chi connectivity index (χ4n) is 2.54. The van der Waals surface area contributed by atoms with E-state index >= 15 is 0 Å². The zero-order valence-electron chi connectivity index (χ0n) is 14.0. The Balaban J connectivity index is 1.89. The number of hydrogen-bond donors (Lipinski definition) is 1. The summed E-state index contributed by atoms with van der Waals surface area (Å²) in [6, 6.07) is 6.05. The standard InChI is InChI=1S/C16H24N2O5S/c1-13(11-22-2)17-16(19)12-23-14-5-7-15(8-6-14)24(20,21)18-9-3-4-10-18/h5-8,13H,3-4,9-12H2,1-2H3,(H,17,19)/t13-/m0/s1. The molecular formula is C16H24N2O5S. The van der Waals surface area contributed by atoms with Crippen molar-refractivity contribution in [3.8, 4) is 5.75 Å². The molecule has 1 amide bonds. The number of rotatable bonds is 8. The van der Waals surface area contributed by atoms with Crippen molar-refractivity contribution in [3.63, 3.8) is 0 Å². The van der Waals surface area contributed by atoms with Gasteiger partial charge in [0.15, 0.2) is 6.61 Å². The van der Waals surface area contributed by atoms with E-state index in [1.165, 1.54) is 16.4 Å². The smallest absolute Gasteiger partial charge is 0.258 e. The maximum Gasteiger partial charge on any atom is 0.258 e. The number of nitrogens with one attached hydrogen (secondary N) is 1. The second-order valence-corrected chi connectivity index (χ2v) is 7.73. The number of benzene rings is 1. The van der Waals surface area contributed by atoms with E-state index in [4.69, 9.17) is 9.47 Å². The summed E-state index contributed by atoms with van der Waals surface area (Å²) in [5, 5.41) is 2.73. The predicted octanol–water partition coefficient (Wildman–Crippen LogP) is 1.00. The topological polar surface area (TPSA) is 84.9 Å². The lowest BCUT2D eigenvalue weighted by Crippen LogP contribution is -2.38. The molecule has 1 aliphatic rings. The third kappa shape index (κ3) is 4.93. The van der Waals surface area contributed by atoms with Crippen LogP contribution in [0.1, 0.15) is 19.8 Å². The van der Waals surface area contributed by atoms with E-state index in [2.05, 4.69) is 5.32 Å². The van der Waals surface area contributed by atoms with Crippen molar-refractivity contribution in [1.29, 1.82) is 0 Å². The van der Waals surface area contributed by atoms with Crippen LogP contribution in [0.5, 0.6) is 5.75 Å². The average molecular weight is 356 g/mol. The fourth-order valence-corrected chi connectivity index (χ4v) is 4.06. The molecule has 7 nitrogen and oxygen atoms in total. The maximum absolute atomic E-state index is 12.4. The number of hydrogen-bond acceptors (Lipinski definition) is 5. The largest absolute Gasteiger partial charge is 0.484 e. The second-order valence-electron chi connectivity index (χ2n) is 5.80. The summed E-state index contributed by atoms with van der Waals surface area (Å²) in [4.78, 5) is 12.0. The molecule has 134 valence electrons. The number of methoxy groups -OCH3 is 1. The Morgan fingerprint density at radius 2 is 1.88 bits per heavy atom. The van der Waals surface area contributed by atoms with Crippen molar-refractivity contribution >= 4 is 15.9 Å². The molecule has 2 rings (SSSR count). The molecule has 0 aromatic heterocycles. The molecule has 1 fully saturated rings. The lowest BCUT2D eigenvalue weighted by Gasteiger charge is -2.16. The summed E-state index contributed by atoms with van der Waals surface area (Å²) < 4.78 is 36.6. The van der Waals surface area contributed by atoms with Gasteiger partial charge in [0.25, 0.3) is 5.91 Å². The van der Waals surface area contributed by atoms with Crippen LogP contribution >= 0.6 is 0 Å². The maximum atomic E-state index is 12.4. The Morgan fingerprint density at radius 1 is 1.25 bits per heavy atom. The molecule has 8 heteroatoms. The molecule has 1 heterocycles. The monoisotopic (exact) mass is 356 g/mol. The van der Waals surface area contributed by atoms with Crippen LogP contribution in [0, 0.1) is 0 Å². The van der Waals surface area contributed by atoms with Gasteiger partial charge in [0.05, 0.1) is 11.5 Å². The van der Waals surface area contributed by atoms with Crippen molar-refractivity contribution in [3.05, 3.63) is 24.3 Å². The zero-order valence-corrected chi connectivity index (χ0v) is 14.8. The highest BCUT2D eigenvalue weighted by atomic mass is 32.2. The Bertz CT molecular complexity index is 639. The number of nitrogens with zero attached hydrogens (tertiary/aromatic N) is 1. The highest BCUT2D eigenvalue weighted by Crippen LogP contribution is 2.22. The Morgan fingerprint density at radius 3 is 2.46 bits per heavy atom. The molecule has 1 atom stereocenters. The van der Waals surface area contributed by atoms with Crippen molar-refractivity contribution < 1.29 is 22.7 Å². The summed E-state index contributed by atoms with van der Waals surface area (Å²) in [7, 11) is -1.86. The lowest BCUT2D eigenvalue weighted by atomic mass is 10.3. The van der Waals surface area contributed by atoms with E-state index < -0.39 is 10.0 Å². The molecule has 1 saturated heterocycles. The molecule has 0 unspecified atom stereocenters. The molecule has 1 aromatic carbocycles. The van der Waals surface area contributed by atoms with Gasteiger partial charge in [-0.2, -0.15) is 4.31 Å². The van der Waals surface area contributed by atoms with Crippen LogP contribution in [0.4, 0.5) is 0 Å². The Kier molecular flexibility index (Phi) is 6.59. The van der Waals surface area contributed by atoms with Crippen molar-refractivity contribution in [2.45, 2.75) is 30.7 Å². The molecule has 0 radical (unpaired) electrons. The van der Waals surface area contributed by atoms with E-state index in [0.717, 1.165) is 12.8 Å². The van der Waals surface area contributed by atoms with Gasteiger partial charge in [-0.3, -0.25) is 4.79 Å². The molecule has 24 heavy (non-hydrogen) atoms. The fraction of sp³-hybridized carbons (Fsp3) is 0.562. The first-order valence-electron chi connectivity index (χ1n) is 7.95. The van der Waals surface area contributed by atoms with Gasteiger partial charge in [-0.05, 0) is 44.0 Å². The van der Waals surface area contributed by atoms with Gasteiger partial charge in [0, 0.05) is 26.2 Å². The van der Waals surface area contributed by atoms with E-state index in [-0.39, 0.29) is 23.5 Å². The minimum absolute atomic E-state index is 0.0981. The SMILES string of the molecule is COC[C@H](C)NC(=O)COc1ccc(S(=O)(=O)N2CCCC2)cc1. The normalized spacial score (nSPS) is 16.8. The number of ether oxygens (including phenoxy) is 2. The van der Waals surface area contributed by atoms with Crippen LogP contribution in [0.2, 0.25) is 0 Å². The summed E-state index contributed by atoms with van der Waals surface area (Å²) >= 11 is 0. The Hall–Kier alpha value is -1.64. The van der Waals surface area contributed by atoms with Crippen molar-refractivity contribution in [2.75, 3.05) is 33.4 Å². The van der Waals surface area contributed by atoms with E-state index in [9.17, 15) is 13.2 Å². The zero-order chi connectivity index (χ0) is 17.6. The summed E-state index contributed by atoms with van der Waals surface area (Å²) in [5.41, 5.74) is 0.